The molecule has 6 radical (unpaired) electrons. The van der Waals surface area contributed by atoms with Crippen LogP contribution in [0.15, 0.2) is 0 Å². The summed E-state index contributed by atoms with van der Waals surface area (Å²) >= 11 is 0. The molecule has 0 unspecified atom stereocenters. The van der Waals surface area contributed by atoms with Crippen LogP contribution in [0.25, 0.3) is 0 Å². The van der Waals surface area contributed by atoms with Gasteiger partial charge in [-0.2, -0.15) is 0 Å². The van der Waals surface area contributed by atoms with Gasteiger partial charge in [0.25, 0.3) is 20.4 Å². The monoisotopic (exact) mass is 266 g/mol. The second kappa shape index (κ2) is 52.9. The summed E-state index contributed by atoms with van der Waals surface area (Å²) in [6.45, 7) is 13.5. The minimum Gasteiger partial charge on any atom is -0.316 e. The van der Waals surface area contributed by atoms with E-state index >= 15 is 0 Å². The van der Waals surface area contributed by atoms with E-state index in [1.54, 1.807) is 21.3 Å². The Labute approximate surface area is 95.2 Å². The molecule has 0 aliphatic carbocycles. The minimum atomic E-state index is -1.05. The summed E-state index contributed by atoms with van der Waals surface area (Å²) in [6.07, 6.45) is 0. The van der Waals surface area contributed by atoms with E-state index in [0.29, 0.717) is 0 Å². The van der Waals surface area contributed by atoms with Gasteiger partial charge >= 0.3 is 8.60 Å². The van der Waals surface area contributed by atoms with Gasteiger partial charge in [0.1, 0.15) is 0 Å². The molecule has 0 amide bonds. The van der Waals surface area contributed by atoms with E-state index in [0.717, 1.165) is 0 Å². The fraction of sp³-hybridized carbons (Fsp3) is 0.500. The van der Waals surface area contributed by atoms with E-state index in [9.17, 15) is 0 Å². The average Bonchev–Trinajstić information content (AvgIpc) is 2.29. The van der Waals surface area contributed by atoms with Crippen molar-refractivity contribution in [3.63, 3.8) is 0 Å². The molecule has 0 rings (SSSR count). The molecule has 0 atom stereocenters. The van der Waals surface area contributed by atoms with E-state index in [1.165, 1.54) is 0 Å². The number of hydrogen-bond donors (Lipinski definition) is 0. The smallest absolute Gasteiger partial charge is 0.316 e. The van der Waals surface area contributed by atoms with E-state index in [2.05, 4.69) is 33.9 Å². The van der Waals surface area contributed by atoms with Crippen LogP contribution in [-0.4, -0.2) is 41.7 Å². The third-order valence-corrected chi connectivity index (χ3v) is 1.34. The Kier molecular flexibility index (Phi) is 110. The van der Waals surface area contributed by atoms with E-state index in [-0.39, 0.29) is 16.5 Å². The summed E-state index contributed by atoms with van der Waals surface area (Å²) in [6, 6.07) is 0. The van der Waals surface area contributed by atoms with Crippen molar-refractivity contribution in [2.75, 3.05) is 21.3 Å². The molecule has 0 N–H and O–H groups in total. The molecule has 84 valence electrons. The largest absolute Gasteiger partial charge is 0.331 e. The first-order valence-corrected chi connectivity index (χ1v) is 3.48. The molecule has 0 aromatic carbocycles. The van der Waals surface area contributed by atoms with Gasteiger partial charge in [-0.05, 0) is 0 Å². The summed E-state index contributed by atoms with van der Waals surface area (Å²) in [4.78, 5) is 22.5. The fourth-order valence-corrected chi connectivity index (χ4v) is 0.671. The van der Waals surface area contributed by atoms with Crippen molar-refractivity contribution in [3.8, 4) is 0 Å². The van der Waals surface area contributed by atoms with Gasteiger partial charge in [-0.1, -0.05) is 0 Å². The van der Waals surface area contributed by atoms with E-state index < -0.39 is 8.60 Å². The van der Waals surface area contributed by atoms with E-state index in [1.807, 2.05) is 0 Å². The third-order valence-electron chi connectivity index (χ3n) is 0.447. The molecule has 0 aliphatic rings. The van der Waals surface area contributed by atoms with Gasteiger partial charge in [0.2, 0.25) is 0 Å². The van der Waals surface area contributed by atoms with Gasteiger partial charge in [-0.25, -0.2) is 0 Å². The van der Waals surface area contributed by atoms with Gasteiger partial charge in [-0.15, -0.1) is 0 Å². The molecule has 0 spiro atoms. The molecule has 0 aromatic rings. The first-order chi connectivity index (χ1) is 6.35. The van der Waals surface area contributed by atoms with Crippen molar-refractivity contribution in [2.45, 2.75) is 0 Å². The maximum Gasteiger partial charge on any atom is 0.331 e. The predicted molar refractivity (Wildman–Crippen MR) is 45.0 cm³/mol. The van der Waals surface area contributed by atoms with Gasteiger partial charge < -0.3 is 13.6 Å². The van der Waals surface area contributed by atoms with Crippen molar-refractivity contribution in [1.82, 2.24) is 0 Å². The van der Waals surface area contributed by atoms with Crippen molar-refractivity contribution >= 4 is 29.0 Å². The Bertz CT molecular complexity index is 65.1. The second-order valence-corrected chi connectivity index (χ2v) is 2.31. The Morgan fingerprint density at radius 1 is 0.714 bits per heavy atom. The number of hydrogen-bond acceptors (Lipinski definition) is 6. The molecule has 0 aromatic heterocycles. The molecule has 8 heteroatoms. The van der Waals surface area contributed by atoms with E-state index in [4.69, 9.17) is 14.4 Å². The summed E-state index contributed by atoms with van der Waals surface area (Å²) in [5, 5.41) is 0. The average molecular weight is 267 g/mol. The van der Waals surface area contributed by atoms with Crippen LogP contribution >= 0.6 is 8.60 Å². The Morgan fingerprint density at radius 2 is 0.857 bits per heavy atom. The minimum absolute atomic E-state index is 0. The van der Waals surface area contributed by atoms with Crippen LogP contribution in [0.5, 0.6) is 0 Å². The topological polar surface area (TPSA) is 78.9 Å². The number of rotatable bonds is 3. The molecule has 0 saturated carbocycles. The van der Waals surface area contributed by atoms with Crippen LogP contribution in [0.1, 0.15) is 0 Å². The van der Waals surface area contributed by atoms with Gasteiger partial charge in [0.05, 0.1) is 0 Å². The first kappa shape index (κ1) is 29.2. The fourth-order valence-electron chi connectivity index (χ4n) is 0.224. The van der Waals surface area contributed by atoms with Gasteiger partial charge in [0, 0.05) is 37.8 Å². The summed E-state index contributed by atoms with van der Waals surface area (Å²) in [5.41, 5.74) is 0. The van der Waals surface area contributed by atoms with Crippen LogP contribution in [0.2, 0.25) is 0 Å². The standard InChI is InChI=1S/C3H9O3P.3CO.Ni/c1-4-7(5-2)6-3;3*1-2;/h1-3H3;;;;. The van der Waals surface area contributed by atoms with Crippen LogP contribution in [-0.2, 0) is 44.4 Å². The zero-order chi connectivity index (χ0) is 11.7. The van der Waals surface area contributed by atoms with Gasteiger partial charge in [-0.3, -0.25) is 14.4 Å². The SMILES string of the molecule is COP(OC)OC.[C]=O.[C]=O.[C]=O.[Ni]. The molecule has 0 heterocycles. The molecule has 0 aliphatic heterocycles. The Morgan fingerprint density at radius 3 is 0.857 bits per heavy atom. The van der Waals surface area contributed by atoms with Crippen LogP contribution in [0, 0.1) is 0 Å². The summed E-state index contributed by atoms with van der Waals surface area (Å²) in [5.74, 6) is 0. The molecule has 14 heavy (non-hydrogen) atoms. The zero-order valence-corrected chi connectivity index (χ0v) is 9.59. The second-order valence-electron chi connectivity index (χ2n) is 0.771. The molecular weight excluding hydrogens is 258 g/mol. The molecule has 0 saturated heterocycles. The number of carbonyl (C=O) groups excluding carboxylic acids is 3. The van der Waals surface area contributed by atoms with Gasteiger partial charge in [0.15, 0.2) is 0 Å². The molecule has 6 nitrogen and oxygen atoms in total. The Hall–Kier alpha value is -0.186. The zero-order valence-electron chi connectivity index (χ0n) is 7.71. The van der Waals surface area contributed by atoms with Crippen molar-refractivity contribution in [1.29, 1.82) is 0 Å². The maximum absolute atomic E-state index is 7.50. The summed E-state index contributed by atoms with van der Waals surface area (Å²) < 4.78 is 14.0. The first-order valence-electron chi connectivity index (χ1n) is 2.38. The summed E-state index contributed by atoms with van der Waals surface area (Å²) in [7, 11) is 3.57. The quantitative estimate of drug-likeness (QED) is 0.527. The van der Waals surface area contributed by atoms with Crippen molar-refractivity contribution < 1.29 is 44.4 Å². The molecule has 0 fully saturated rings. The van der Waals surface area contributed by atoms with Crippen LogP contribution < -0.4 is 0 Å². The normalized spacial score (nSPS) is 6.00. The predicted octanol–water partition coefficient (Wildman–Crippen LogP) is -0.0413. The maximum atomic E-state index is 7.50. The van der Waals surface area contributed by atoms with Crippen LogP contribution in [0.3, 0.4) is 0 Å². The van der Waals surface area contributed by atoms with Crippen molar-refractivity contribution in [2.24, 2.45) is 0 Å². The van der Waals surface area contributed by atoms with Crippen LogP contribution in [0.4, 0.5) is 0 Å². The third kappa shape index (κ3) is 40.9. The molecule has 0 bridgehead atoms. The molecular formula is C6H9NiO6P. The van der Waals surface area contributed by atoms with Crippen molar-refractivity contribution in [3.05, 3.63) is 0 Å². The Balaban J connectivity index is -0.0000000332.